The van der Waals surface area contributed by atoms with Crippen molar-refractivity contribution in [2.75, 3.05) is 6.54 Å². The van der Waals surface area contributed by atoms with E-state index in [1.807, 2.05) is 12.1 Å². The lowest BCUT2D eigenvalue weighted by molar-refractivity contribution is 0.466. The van der Waals surface area contributed by atoms with E-state index in [-0.39, 0.29) is 11.2 Å². The standard InChI is InChI=1S/C11H16FN/c1-3-11(2,8-13)9-4-6-10(12)7-5-9/h4-7H,3,8,13H2,1-2H3. The molecule has 0 heterocycles. The maximum atomic E-state index is 12.7. The maximum Gasteiger partial charge on any atom is 0.123 e. The second kappa shape index (κ2) is 3.88. The average molecular weight is 181 g/mol. The van der Waals surface area contributed by atoms with Crippen LogP contribution in [-0.2, 0) is 5.41 Å². The minimum absolute atomic E-state index is 0.0201. The lowest BCUT2D eigenvalue weighted by Gasteiger charge is -2.26. The summed E-state index contributed by atoms with van der Waals surface area (Å²) in [6.45, 7) is 4.78. The number of rotatable bonds is 3. The molecule has 2 N–H and O–H groups in total. The van der Waals surface area contributed by atoms with Crippen LogP contribution in [-0.4, -0.2) is 6.54 Å². The van der Waals surface area contributed by atoms with Gasteiger partial charge in [0.25, 0.3) is 0 Å². The van der Waals surface area contributed by atoms with Crippen LogP contribution in [0.4, 0.5) is 4.39 Å². The molecule has 1 aromatic rings. The Morgan fingerprint density at radius 2 is 1.85 bits per heavy atom. The highest BCUT2D eigenvalue weighted by molar-refractivity contribution is 5.25. The molecule has 0 saturated heterocycles. The average Bonchev–Trinajstić information content (AvgIpc) is 2.18. The van der Waals surface area contributed by atoms with Crippen LogP contribution in [0, 0.1) is 5.82 Å². The van der Waals surface area contributed by atoms with Gasteiger partial charge in [0, 0.05) is 12.0 Å². The molecule has 1 unspecified atom stereocenters. The highest BCUT2D eigenvalue weighted by Crippen LogP contribution is 2.25. The van der Waals surface area contributed by atoms with Gasteiger partial charge in [0.2, 0.25) is 0 Å². The van der Waals surface area contributed by atoms with Crippen LogP contribution in [0.5, 0.6) is 0 Å². The van der Waals surface area contributed by atoms with Crippen molar-refractivity contribution >= 4 is 0 Å². The van der Waals surface area contributed by atoms with Gasteiger partial charge in [-0.25, -0.2) is 4.39 Å². The fourth-order valence-electron chi connectivity index (χ4n) is 1.32. The molecular weight excluding hydrogens is 165 g/mol. The second-order valence-corrected chi connectivity index (χ2v) is 3.63. The Morgan fingerprint density at radius 3 is 2.23 bits per heavy atom. The third-order valence-electron chi connectivity index (χ3n) is 2.77. The fourth-order valence-corrected chi connectivity index (χ4v) is 1.32. The van der Waals surface area contributed by atoms with Gasteiger partial charge in [-0.05, 0) is 24.1 Å². The molecular formula is C11H16FN. The molecule has 1 rings (SSSR count). The normalized spacial score (nSPS) is 15.4. The molecule has 72 valence electrons. The van der Waals surface area contributed by atoms with Crippen LogP contribution < -0.4 is 5.73 Å². The molecule has 1 nitrogen and oxygen atoms in total. The Balaban J connectivity index is 2.99. The van der Waals surface area contributed by atoms with E-state index >= 15 is 0 Å². The van der Waals surface area contributed by atoms with E-state index in [2.05, 4.69) is 13.8 Å². The summed E-state index contributed by atoms with van der Waals surface area (Å²) >= 11 is 0. The minimum atomic E-state index is -0.195. The first-order valence-electron chi connectivity index (χ1n) is 4.58. The Hall–Kier alpha value is -0.890. The Kier molecular flexibility index (Phi) is 3.04. The van der Waals surface area contributed by atoms with Crippen molar-refractivity contribution in [3.05, 3.63) is 35.6 Å². The minimum Gasteiger partial charge on any atom is -0.330 e. The van der Waals surface area contributed by atoms with E-state index < -0.39 is 0 Å². The molecule has 0 aliphatic carbocycles. The maximum absolute atomic E-state index is 12.7. The quantitative estimate of drug-likeness (QED) is 0.761. The van der Waals surface area contributed by atoms with Gasteiger partial charge >= 0.3 is 0 Å². The molecule has 0 saturated carbocycles. The van der Waals surface area contributed by atoms with Crippen LogP contribution in [0.25, 0.3) is 0 Å². The molecule has 0 spiro atoms. The topological polar surface area (TPSA) is 26.0 Å². The van der Waals surface area contributed by atoms with E-state index in [1.54, 1.807) is 0 Å². The summed E-state index contributed by atoms with van der Waals surface area (Å²) in [5.41, 5.74) is 6.78. The molecule has 0 radical (unpaired) electrons. The third-order valence-corrected chi connectivity index (χ3v) is 2.77. The summed E-state index contributed by atoms with van der Waals surface area (Å²) in [6.07, 6.45) is 0.967. The first-order valence-corrected chi connectivity index (χ1v) is 4.58. The molecule has 1 aromatic carbocycles. The van der Waals surface area contributed by atoms with Gasteiger partial charge in [0.15, 0.2) is 0 Å². The van der Waals surface area contributed by atoms with Crippen molar-refractivity contribution in [2.45, 2.75) is 25.7 Å². The molecule has 0 fully saturated rings. The van der Waals surface area contributed by atoms with Crippen LogP contribution in [0.3, 0.4) is 0 Å². The van der Waals surface area contributed by atoms with E-state index in [1.165, 1.54) is 12.1 Å². The van der Waals surface area contributed by atoms with Crippen LogP contribution in [0.15, 0.2) is 24.3 Å². The Morgan fingerprint density at radius 1 is 1.31 bits per heavy atom. The van der Waals surface area contributed by atoms with Crippen molar-refractivity contribution in [2.24, 2.45) is 5.73 Å². The van der Waals surface area contributed by atoms with E-state index in [9.17, 15) is 4.39 Å². The van der Waals surface area contributed by atoms with Crippen molar-refractivity contribution < 1.29 is 4.39 Å². The summed E-state index contributed by atoms with van der Waals surface area (Å²) < 4.78 is 12.7. The van der Waals surface area contributed by atoms with Gasteiger partial charge in [-0.2, -0.15) is 0 Å². The van der Waals surface area contributed by atoms with Crippen molar-refractivity contribution in [1.82, 2.24) is 0 Å². The second-order valence-electron chi connectivity index (χ2n) is 3.63. The van der Waals surface area contributed by atoms with E-state index in [4.69, 9.17) is 5.73 Å². The molecule has 0 aliphatic rings. The van der Waals surface area contributed by atoms with Crippen molar-refractivity contribution in [3.63, 3.8) is 0 Å². The molecule has 2 heteroatoms. The highest BCUT2D eigenvalue weighted by atomic mass is 19.1. The predicted octanol–water partition coefficient (Wildman–Crippen LogP) is 2.45. The summed E-state index contributed by atoms with van der Waals surface area (Å²) in [4.78, 5) is 0. The fraction of sp³-hybridized carbons (Fsp3) is 0.455. The van der Waals surface area contributed by atoms with Gasteiger partial charge in [0.05, 0.1) is 0 Å². The van der Waals surface area contributed by atoms with Crippen molar-refractivity contribution in [1.29, 1.82) is 0 Å². The summed E-state index contributed by atoms with van der Waals surface area (Å²) in [6, 6.07) is 6.59. The summed E-state index contributed by atoms with van der Waals surface area (Å²) in [5.74, 6) is -0.195. The van der Waals surface area contributed by atoms with Gasteiger partial charge < -0.3 is 5.73 Å². The third kappa shape index (κ3) is 2.07. The first-order chi connectivity index (χ1) is 6.12. The molecule has 0 amide bonds. The predicted molar refractivity (Wildman–Crippen MR) is 53.1 cm³/mol. The smallest absolute Gasteiger partial charge is 0.123 e. The van der Waals surface area contributed by atoms with Gasteiger partial charge in [-0.1, -0.05) is 26.0 Å². The first kappa shape index (κ1) is 10.2. The zero-order valence-corrected chi connectivity index (χ0v) is 8.18. The monoisotopic (exact) mass is 181 g/mol. The number of halogens is 1. The SMILES string of the molecule is CCC(C)(CN)c1ccc(F)cc1. The Bertz CT molecular complexity index is 262. The van der Waals surface area contributed by atoms with Crippen molar-refractivity contribution in [3.8, 4) is 0 Å². The Labute approximate surface area is 78.8 Å². The number of hydrogen-bond donors (Lipinski definition) is 1. The number of benzene rings is 1. The van der Waals surface area contributed by atoms with Crippen LogP contribution >= 0.6 is 0 Å². The summed E-state index contributed by atoms with van der Waals surface area (Å²) in [5, 5.41) is 0. The van der Waals surface area contributed by atoms with Gasteiger partial charge in [0.1, 0.15) is 5.82 Å². The van der Waals surface area contributed by atoms with E-state index in [0.29, 0.717) is 6.54 Å². The van der Waals surface area contributed by atoms with Crippen LogP contribution in [0.2, 0.25) is 0 Å². The zero-order chi connectivity index (χ0) is 9.90. The van der Waals surface area contributed by atoms with E-state index in [0.717, 1.165) is 12.0 Å². The number of hydrogen-bond acceptors (Lipinski definition) is 1. The zero-order valence-electron chi connectivity index (χ0n) is 8.18. The highest BCUT2D eigenvalue weighted by Gasteiger charge is 2.22. The van der Waals surface area contributed by atoms with Crippen LogP contribution in [0.1, 0.15) is 25.8 Å². The van der Waals surface area contributed by atoms with Gasteiger partial charge in [-0.3, -0.25) is 0 Å². The summed E-state index contributed by atoms with van der Waals surface area (Å²) in [7, 11) is 0. The van der Waals surface area contributed by atoms with Gasteiger partial charge in [-0.15, -0.1) is 0 Å². The molecule has 0 aromatic heterocycles. The molecule has 0 aliphatic heterocycles. The largest absolute Gasteiger partial charge is 0.330 e. The molecule has 13 heavy (non-hydrogen) atoms. The molecule has 0 bridgehead atoms. The number of nitrogens with two attached hydrogens (primary N) is 1. The lowest BCUT2D eigenvalue weighted by atomic mass is 9.80. The molecule has 1 atom stereocenters. The lowest BCUT2D eigenvalue weighted by Crippen LogP contribution is -2.30.